The average Bonchev–Trinajstić information content (AvgIpc) is 2.60. The lowest BCUT2D eigenvalue weighted by atomic mass is 9.90. The first kappa shape index (κ1) is 17.5. The third-order valence-corrected chi connectivity index (χ3v) is 3.59. The number of nitrogens with one attached hydrogen (secondary N) is 1. The second-order valence-corrected chi connectivity index (χ2v) is 5.32. The van der Waals surface area contributed by atoms with Crippen molar-refractivity contribution in [1.29, 1.82) is 0 Å². The van der Waals surface area contributed by atoms with Crippen LogP contribution in [0.5, 0.6) is 11.5 Å². The van der Waals surface area contributed by atoms with E-state index in [-0.39, 0.29) is 30.9 Å². The zero-order chi connectivity index (χ0) is 17.5. The number of hydrogen-bond donors (Lipinski definition) is 4. The molecule has 0 spiro atoms. The molecule has 126 valence electrons. The zero-order valence-electron chi connectivity index (χ0n) is 13.0. The van der Waals surface area contributed by atoms with Crippen molar-refractivity contribution >= 4 is 11.7 Å². The molecule has 2 aromatic rings. The molecule has 0 fully saturated rings. The molecule has 0 aliphatic carbocycles. The quantitative estimate of drug-likeness (QED) is 0.347. The molecule has 0 saturated carbocycles. The monoisotopic (exact) mass is 329 g/mol. The van der Waals surface area contributed by atoms with E-state index >= 15 is 0 Å². The van der Waals surface area contributed by atoms with Gasteiger partial charge in [0, 0.05) is 12.1 Å². The summed E-state index contributed by atoms with van der Waals surface area (Å²) in [5.74, 6) is -2.72. The largest absolute Gasteiger partial charge is 0.504 e. The summed E-state index contributed by atoms with van der Waals surface area (Å²) in [5, 5.41) is 30.3. The van der Waals surface area contributed by atoms with Gasteiger partial charge in [-0.2, -0.15) is 0 Å². The minimum Gasteiger partial charge on any atom is -0.504 e. The van der Waals surface area contributed by atoms with E-state index in [0.717, 1.165) is 11.6 Å². The van der Waals surface area contributed by atoms with E-state index in [9.17, 15) is 19.8 Å². The van der Waals surface area contributed by atoms with Crippen LogP contribution in [0.25, 0.3) is 0 Å². The van der Waals surface area contributed by atoms with E-state index < -0.39 is 23.4 Å². The number of ketones is 1. The van der Waals surface area contributed by atoms with Crippen molar-refractivity contribution in [3.05, 3.63) is 59.7 Å². The minimum atomic E-state index is -0.997. The molecule has 6 heteroatoms. The topological polar surface area (TPSA) is 107 Å². The number of aliphatic hydroxyl groups is 1. The highest BCUT2D eigenvalue weighted by molar-refractivity contribution is 6.10. The Labute approximate surface area is 139 Å². The Hall–Kier alpha value is -2.86. The maximum atomic E-state index is 12.7. The fourth-order valence-electron chi connectivity index (χ4n) is 2.33. The Balaban J connectivity index is 2.27. The number of carbonyl (C=O) groups excluding carboxylic acids is 2. The SMILES string of the molecule is O=C(NCCO)C(Cc1ccccc1)C(=O)c1ccc(O)c(O)c1. The molecule has 0 aliphatic heterocycles. The normalized spacial score (nSPS) is 11.7. The van der Waals surface area contributed by atoms with Crippen LogP contribution in [0.3, 0.4) is 0 Å². The van der Waals surface area contributed by atoms with E-state index in [1.54, 1.807) is 0 Å². The van der Waals surface area contributed by atoms with Crippen LogP contribution in [-0.2, 0) is 11.2 Å². The number of amides is 1. The van der Waals surface area contributed by atoms with Crippen LogP contribution in [0.15, 0.2) is 48.5 Å². The minimum absolute atomic E-state index is 0.0538. The molecule has 6 nitrogen and oxygen atoms in total. The van der Waals surface area contributed by atoms with Crippen LogP contribution < -0.4 is 5.32 Å². The Kier molecular flexibility index (Phi) is 5.92. The molecule has 0 saturated heterocycles. The number of rotatable bonds is 7. The van der Waals surface area contributed by atoms with Crippen LogP contribution in [0, 0.1) is 5.92 Å². The Morgan fingerprint density at radius 2 is 1.71 bits per heavy atom. The van der Waals surface area contributed by atoms with Gasteiger partial charge in [0.15, 0.2) is 17.3 Å². The molecule has 2 aromatic carbocycles. The standard InChI is InChI=1S/C18H19NO5/c20-9-8-19-18(24)14(10-12-4-2-1-3-5-12)17(23)13-6-7-15(21)16(22)11-13/h1-7,11,14,20-22H,8-10H2,(H,19,24). The highest BCUT2D eigenvalue weighted by Gasteiger charge is 2.28. The van der Waals surface area contributed by atoms with Gasteiger partial charge in [0.1, 0.15) is 5.92 Å². The Bertz CT molecular complexity index is 715. The third-order valence-electron chi connectivity index (χ3n) is 3.59. The Morgan fingerprint density at radius 1 is 1.00 bits per heavy atom. The fraction of sp³-hybridized carbons (Fsp3) is 0.222. The second-order valence-electron chi connectivity index (χ2n) is 5.32. The number of hydrogen-bond acceptors (Lipinski definition) is 5. The maximum Gasteiger partial charge on any atom is 0.231 e. The third kappa shape index (κ3) is 4.33. The molecule has 0 aromatic heterocycles. The Morgan fingerprint density at radius 3 is 2.33 bits per heavy atom. The summed E-state index contributed by atoms with van der Waals surface area (Å²) in [4.78, 5) is 25.0. The number of phenolic OH excluding ortho intramolecular Hbond substituents is 2. The van der Waals surface area contributed by atoms with E-state index in [2.05, 4.69) is 5.32 Å². The summed E-state index contributed by atoms with van der Waals surface area (Å²) < 4.78 is 0. The molecule has 0 aliphatic rings. The molecule has 1 amide bonds. The maximum absolute atomic E-state index is 12.7. The summed E-state index contributed by atoms with van der Waals surface area (Å²) in [6.07, 6.45) is 0.193. The molecular formula is C18H19NO5. The van der Waals surface area contributed by atoms with Crippen molar-refractivity contribution in [2.24, 2.45) is 5.92 Å². The number of aliphatic hydroxyl groups excluding tert-OH is 1. The molecule has 2 rings (SSSR count). The molecule has 0 bridgehead atoms. The lowest BCUT2D eigenvalue weighted by Crippen LogP contribution is -2.38. The highest BCUT2D eigenvalue weighted by atomic mass is 16.3. The molecule has 0 heterocycles. The molecule has 4 N–H and O–H groups in total. The first-order valence-electron chi connectivity index (χ1n) is 7.51. The van der Waals surface area contributed by atoms with Crippen LogP contribution in [0.2, 0.25) is 0 Å². The van der Waals surface area contributed by atoms with Crippen molar-refractivity contribution in [1.82, 2.24) is 5.32 Å². The molecular weight excluding hydrogens is 310 g/mol. The second kappa shape index (κ2) is 8.12. The molecule has 0 radical (unpaired) electrons. The average molecular weight is 329 g/mol. The van der Waals surface area contributed by atoms with Crippen LogP contribution in [0.1, 0.15) is 15.9 Å². The number of aromatic hydroxyl groups is 2. The van der Waals surface area contributed by atoms with Crippen molar-refractivity contribution in [3.8, 4) is 11.5 Å². The highest BCUT2D eigenvalue weighted by Crippen LogP contribution is 2.26. The van der Waals surface area contributed by atoms with Gasteiger partial charge in [0.2, 0.25) is 5.91 Å². The van der Waals surface area contributed by atoms with Crippen LogP contribution in [-0.4, -0.2) is 40.2 Å². The number of benzene rings is 2. The predicted molar refractivity (Wildman–Crippen MR) is 87.8 cm³/mol. The first-order valence-corrected chi connectivity index (χ1v) is 7.51. The van der Waals surface area contributed by atoms with Crippen LogP contribution >= 0.6 is 0 Å². The van der Waals surface area contributed by atoms with Gasteiger partial charge in [-0.15, -0.1) is 0 Å². The summed E-state index contributed by atoms with van der Waals surface area (Å²) in [6.45, 7) is -0.170. The van der Waals surface area contributed by atoms with E-state index in [1.807, 2.05) is 30.3 Å². The van der Waals surface area contributed by atoms with Crippen LogP contribution in [0.4, 0.5) is 0 Å². The summed E-state index contributed by atoms with van der Waals surface area (Å²) >= 11 is 0. The van der Waals surface area contributed by atoms with Crippen molar-refractivity contribution < 1.29 is 24.9 Å². The van der Waals surface area contributed by atoms with Crippen molar-refractivity contribution in [2.45, 2.75) is 6.42 Å². The smallest absolute Gasteiger partial charge is 0.231 e. The van der Waals surface area contributed by atoms with E-state index in [4.69, 9.17) is 5.11 Å². The number of Topliss-reactive ketones (excluding diaryl/α,β-unsaturated/α-hetero) is 1. The van der Waals surface area contributed by atoms with Gasteiger partial charge in [-0.1, -0.05) is 30.3 Å². The van der Waals surface area contributed by atoms with Gasteiger partial charge < -0.3 is 20.6 Å². The van der Waals surface area contributed by atoms with Crippen molar-refractivity contribution in [3.63, 3.8) is 0 Å². The van der Waals surface area contributed by atoms with Gasteiger partial charge in [-0.05, 0) is 30.2 Å². The van der Waals surface area contributed by atoms with Gasteiger partial charge in [-0.3, -0.25) is 9.59 Å². The van der Waals surface area contributed by atoms with Crippen molar-refractivity contribution in [2.75, 3.05) is 13.2 Å². The van der Waals surface area contributed by atoms with Gasteiger partial charge in [0.25, 0.3) is 0 Å². The predicted octanol–water partition coefficient (Wildman–Crippen LogP) is 1.25. The summed E-state index contributed by atoms with van der Waals surface area (Å²) in [6, 6.07) is 12.8. The fourth-order valence-corrected chi connectivity index (χ4v) is 2.33. The lowest BCUT2D eigenvalue weighted by molar-refractivity contribution is -0.123. The van der Waals surface area contributed by atoms with Gasteiger partial charge in [-0.25, -0.2) is 0 Å². The lowest BCUT2D eigenvalue weighted by Gasteiger charge is -2.16. The van der Waals surface area contributed by atoms with Gasteiger partial charge >= 0.3 is 0 Å². The zero-order valence-corrected chi connectivity index (χ0v) is 13.0. The number of phenols is 2. The summed E-state index contributed by atoms with van der Waals surface area (Å²) in [7, 11) is 0. The molecule has 1 unspecified atom stereocenters. The van der Waals surface area contributed by atoms with E-state index in [0.29, 0.717) is 0 Å². The summed E-state index contributed by atoms with van der Waals surface area (Å²) in [5.41, 5.74) is 0.948. The van der Waals surface area contributed by atoms with E-state index in [1.165, 1.54) is 12.1 Å². The van der Waals surface area contributed by atoms with Gasteiger partial charge in [0.05, 0.1) is 6.61 Å². The number of carbonyl (C=O) groups is 2. The first-order chi connectivity index (χ1) is 11.5. The molecule has 24 heavy (non-hydrogen) atoms. The molecule has 1 atom stereocenters.